The van der Waals surface area contributed by atoms with Crippen molar-refractivity contribution in [1.29, 1.82) is 0 Å². The van der Waals surface area contributed by atoms with E-state index in [-0.39, 0.29) is 0 Å². The van der Waals surface area contributed by atoms with Crippen molar-refractivity contribution < 1.29 is 0 Å². The minimum atomic E-state index is 0.535. The first-order chi connectivity index (χ1) is 9.24. The Morgan fingerprint density at radius 1 is 1.21 bits per heavy atom. The fraction of sp³-hybridized carbons (Fsp3) is 0.0769. The zero-order valence-electron chi connectivity index (χ0n) is 9.84. The SMILES string of the molecule is Nc1nc(SCc2ccccc2Cl)nc2sccc12. The zero-order valence-corrected chi connectivity index (χ0v) is 12.2. The van der Waals surface area contributed by atoms with E-state index in [1.165, 1.54) is 0 Å². The predicted octanol–water partition coefficient (Wildman–Crippen LogP) is 4.22. The van der Waals surface area contributed by atoms with Crippen molar-refractivity contribution in [3.8, 4) is 0 Å². The van der Waals surface area contributed by atoms with Crippen LogP contribution < -0.4 is 5.73 Å². The Morgan fingerprint density at radius 3 is 2.89 bits per heavy atom. The lowest BCUT2D eigenvalue weighted by Crippen LogP contribution is -1.95. The van der Waals surface area contributed by atoms with Gasteiger partial charge in [-0.15, -0.1) is 11.3 Å². The molecule has 0 saturated heterocycles. The molecule has 2 aromatic heterocycles. The first-order valence-corrected chi connectivity index (χ1v) is 7.85. The molecule has 6 heteroatoms. The van der Waals surface area contributed by atoms with E-state index in [2.05, 4.69) is 9.97 Å². The van der Waals surface area contributed by atoms with E-state index in [1.54, 1.807) is 23.1 Å². The molecule has 96 valence electrons. The van der Waals surface area contributed by atoms with Gasteiger partial charge in [0.15, 0.2) is 5.16 Å². The van der Waals surface area contributed by atoms with E-state index in [9.17, 15) is 0 Å². The lowest BCUT2D eigenvalue weighted by molar-refractivity contribution is 1.02. The molecule has 0 saturated carbocycles. The molecule has 1 aromatic carbocycles. The van der Waals surface area contributed by atoms with Gasteiger partial charge in [0.1, 0.15) is 10.6 Å². The van der Waals surface area contributed by atoms with Crippen LogP contribution >= 0.6 is 34.7 Å². The van der Waals surface area contributed by atoms with Crippen LogP contribution in [0, 0.1) is 0 Å². The van der Waals surface area contributed by atoms with Gasteiger partial charge in [0.05, 0.1) is 5.39 Å². The van der Waals surface area contributed by atoms with Crippen molar-refractivity contribution in [3.63, 3.8) is 0 Å². The third-order valence-electron chi connectivity index (χ3n) is 2.65. The largest absolute Gasteiger partial charge is 0.383 e. The molecule has 2 heterocycles. The molecule has 0 aliphatic heterocycles. The van der Waals surface area contributed by atoms with Gasteiger partial charge in [-0.05, 0) is 23.1 Å². The highest BCUT2D eigenvalue weighted by atomic mass is 35.5. The van der Waals surface area contributed by atoms with Gasteiger partial charge in [0.2, 0.25) is 0 Å². The van der Waals surface area contributed by atoms with E-state index < -0.39 is 0 Å². The van der Waals surface area contributed by atoms with Gasteiger partial charge >= 0.3 is 0 Å². The van der Waals surface area contributed by atoms with E-state index in [0.717, 1.165) is 26.6 Å². The van der Waals surface area contributed by atoms with Gasteiger partial charge in [-0.1, -0.05) is 41.6 Å². The van der Waals surface area contributed by atoms with Crippen molar-refractivity contribution in [2.75, 3.05) is 5.73 Å². The number of hydrogen-bond acceptors (Lipinski definition) is 5. The molecule has 0 aliphatic carbocycles. The molecule has 3 rings (SSSR count). The van der Waals surface area contributed by atoms with E-state index in [4.69, 9.17) is 17.3 Å². The van der Waals surface area contributed by atoms with Gasteiger partial charge in [-0.3, -0.25) is 0 Å². The molecule has 3 aromatic rings. The van der Waals surface area contributed by atoms with Crippen LogP contribution in [0.25, 0.3) is 10.2 Å². The predicted molar refractivity (Wildman–Crippen MR) is 82.8 cm³/mol. The Bertz CT molecular complexity index is 727. The quantitative estimate of drug-likeness (QED) is 0.581. The maximum atomic E-state index is 6.12. The summed E-state index contributed by atoms with van der Waals surface area (Å²) in [6.45, 7) is 0. The van der Waals surface area contributed by atoms with Crippen LogP contribution in [-0.4, -0.2) is 9.97 Å². The summed E-state index contributed by atoms with van der Waals surface area (Å²) in [5.41, 5.74) is 6.99. The normalized spacial score (nSPS) is 11.0. The maximum Gasteiger partial charge on any atom is 0.191 e. The van der Waals surface area contributed by atoms with Crippen molar-refractivity contribution in [2.45, 2.75) is 10.9 Å². The van der Waals surface area contributed by atoms with Gasteiger partial charge in [-0.25, -0.2) is 9.97 Å². The molecule has 0 fully saturated rings. The topological polar surface area (TPSA) is 51.8 Å². The number of thiophene rings is 1. The summed E-state index contributed by atoms with van der Waals surface area (Å²) >= 11 is 9.23. The first kappa shape index (κ1) is 12.7. The highest BCUT2D eigenvalue weighted by Crippen LogP contribution is 2.29. The Kier molecular flexibility index (Phi) is 3.59. The Hall–Kier alpha value is -1.30. The highest BCUT2D eigenvalue weighted by Gasteiger charge is 2.08. The van der Waals surface area contributed by atoms with Crippen LogP contribution in [0.1, 0.15) is 5.56 Å². The fourth-order valence-corrected chi connectivity index (χ4v) is 3.65. The lowest BCUT2D eigenvalue weighted by atomic mass is 10.2. The summed E-state index contributed by atoms with van der Waals surface area (Å²) in [6, 6.07) is 9.72. The van der Waals surface area contributed by atoms with Gasteiger partial charge in [0, 0.05) is 10.8 Å². The third kappa shape index (κ3) is 2.68. The van der Waals surface area contributed by atoms with Gasteiger partial charge in [-0.2, -0.15) is 0 Å². The van der Waals surface area contributed by atoms with Crippen LogP contribution in [0.15, 0.2) is 40.9 Å². The molecule has 3 nitrogen and oxygen atoms in total. The number of hydrogen-bond donors (Lipinski definition) is 1. The maximum absolute atomic E-state index is 6.12. The number of fused-ring (bicyclic) bond motifs is 1. The number of nitrogens with two attached hydrogens (primary N) is 1. The third-order valence-corrected chi connectivity index (χ3v) is 4.72. The van der Waals surface area contributed by atoms with Crippen LogP contribution in [0.3, 0.4) is 0 Å². The molecule has 0 aliphatic rings. The van der Waals surface area contributed by atoms with Crippen molar-refractivity contribution in [2.24, 2.45) is 0 Å². The molecule has 19 heavy (non-hydrogen) atoms. The van der Waals surface area contributed by atoms with E-state index in [1.807, 2.05) is 35.7 Å². The minimum Gasteiger partial charge on any atom is -0.383 e. The second-order valence-corrected chi connectivity index (χ2v) is 6.16. The van der Waals surface area contributed by atoms with Crippen LogP contribution in [-0.2, 0) is 5.75 Å². The average Bonchev–Trinajstić information content (AvgIpc) is 2.87. The summed E-state index contributed by atoms with van der Waals surface area (Å²) in [5, 5.41) is 4.35. The van der Waals surface area contributed by atoms with E-state index >= 15 is 0 Å². The molecule has 0 atom stereocenters. The van der Waals surface area contributed by atoms with Gasteiger partial charge in [0.25, 0.3) is 0 Å². The molecular formula is C13H10ClN3S2. The van der Waals surface area contributed by atoms with Crippen LogP contribution in [0.2, 0.25) is 5.02 Å². The van der Waals surface area contributed by atoms with Crippen LogP contribution in [0.5, 0.6) is 0 Å². The van der Waals surface area contributed by atoms with Crippen molar-refractivity contribution in [3.05, 3.63) is 46.3 Å². The number of nitrogens with zero attached hydrogens (tertiary/aromatic N) is 2. The second-order valence-electron chi connectivity index (χ2n) is 3.91. The summed E-state index contributed by atoms with van der Waals surface area (Å²) in [5.74, 6) is 1.27. The smallest absolute Gasteiger partial charge is 0.191 e. The summed E-state index contributed by atoms with van der Waals surface area (Å²) < 4.78 is 0. The lowest BCUT2D eigenvalue weighted by Gasteiger charge is -2.04. The second kappa shape index (κ2) is 5.36. The number of anilines is 1. The Morgan fingerprint density at radius 2 is 2.05 bits per heavy atom. The van der Waals surface area contributed by atoms with Crippen LogP contribution in [0.4, 0.5) is 5.82 Å². The summed E-state index contributed by atoms with van der Waals surface area (Å²) in [6.07, 6.45) is 0. The summed E-state index contributed by atoms with van der Waals surface area (Å²) in [7, 11) is 0. The number of thioether (sulfide) groups is 1. The molecule has 0 amide bonds. The Labute approximate surface area is 123 Å². The number of aromatic nitrogens is 2. The minimum absolute atomic E-state index is 0.535. The van der Waals surface area contributed by atoms with Crippen molar-refractivity contribution >= 4 is 50.7 Å². The molecule has 0 spiro atoms. The number of benzene rings is 1. The monoisotopic (exact) mass is 307 g/mol. The average molecular weight is 308 g/mol. The first-order valence-electron chi connectivity index (χ1n) is 5.61. The molecule has 0 unspecified atom stereocenters. The number of nitrogen functional groups attached to an aromatic ring is 1. The molecule has 0 bridgehead atoms. The van der Waals surface area contributed by atoms with Gasteiger partial charge < -0.3 is 5.73 Å². The number of halogens is 1. The summed E-state index contributed by atoms with van der Waals surface area (Å²) in [4.78, 5) is 9.72. The highest BCUT2D eigenvalue weighted by molar-refractivity contribution is 7.98. The fourth-order valence-electron chi connectivity index (χ4n) is 1.68. The molecule has 0 radical (unpaired) electrons. The van der Waals surface area contributed by atoms with Crippen molar-refractivity contribution in [1.82, 2.24) is 9.97 Å². The Balaban J connectivity index is 1.84. The molecule has 2 N–H and O–H groups in total. The zero-order chi connectivity index (χ0) is 13.2. The van der Waals surface area contributed by atoms with E-state index in [0.29, 0.717) is 11.0 Å². The molecular weight excluding hydrogens is 298 g/mol. The number of rotatable bonds is 3. The standard InChI is InChI=1S/C13H10ClN3S2/c14-10-4-2-1-3-8(10)7-19-13-16-11(15)9-5-6-18-12(9)17-13/h1-6H,7H2,(H2,15,16,17).